The zero-order valence-electron chi connectivity index (χ0n) is 18.2. The first kappa shape index (κ1) is 20.3. The highest BCUT2D eigenvalue weighted by Crippen LogP contribution is 2.61. The van der Waals surface area contributed by atoms with Gasteiger partial charge in [-0.15, -0.1) is 0 Å². The number of aryl methyl sites for hydroxylation is 1. The van der Waals surface area contributed by atoms with Crippen LogP contribution in [0.1, 0.15) is 79.6 Å². The molecule has 4 fully saturated rings. The van der Waals surface area contributed by atoms with Crippen LogP contribution in [0.25, 0.3) is 0 Å². The zero-order valence-corrected chi connectivity index (χ0v) is 19.8. The summed E-state index contributed by atoms with van der Waals surface area (Å²) >= 11 is 3.56. The number of rotatable bonds is 6. The molecule has 30 heavy (non-hydrogen) atoms. The number of nitrogens with one attached hydrogen (secondary N) is 1. The number of carbonyl (C=O) groups excluding carboxylic acids is 1. The molecule has 6 heteroatoms. The van der Waals surface area contributed by atoms with Gasteiger partial charge in [0.2, 0.25) is 0 Å². The van der Waals surface area contributed by atoms with Crippen LogP contribution in [0.2, 0.25) is 0 Å². The van der Waals surface area contributed by atoms with Crippen molar-refractivity contribution in [2.24, 2.45) is 23.2 Å². The van der Waals surface area contributed by atoms with E-state index in [0.29, 0.717) is 17.7 Å². The van der Waals surface area contributed by atoms with Crippen molar-refractivity contribution in [3.05, 3.63) is 39.5 Å². The van der Waals surface area contributed by atoms with Gasteiger partial charge in [-0.1, -0.05) is 6.92 Å². The van der Waals surface area contributed by atoms with E-state index >= 15 is 0 Å². The van der Waals surface area contributed by atoms with Crippen molar-refractivity contribution in [2.45, 2.75) is 78.3 Å². The minimum Gasteiger partial charge on any atom is -0.454 e. The molecule has 0 aromatic carbocycles. The lowest BCUT2D eigenvalue weighted by atomic mass is 9.47. The molecular weight excluding hydrogens is 442 g/mol. The van der Waals surface area contributed by atoms with E-state index in [1.807, 2.05) is 24.6 Å². The minimum atomic E-state index is -0.0709. The normalized spacial score (nSPS) is 30.6. The van der Waals surface area contributed by atoms with Gasteiger partial charge in [0.05, 0.1) is 22.4 Å². The molecule has 0 spiro atoms. The van der Waals surface area contributed by atoms with E-state index in [0.717, 1.165) is 45.8 Å². The Balaban J connectivity index is 1.29. The summed E-state index contributed by atoms with van der Waals surface area (Å²) in [5.74, 6) is 3.75. The molecule has 1 amide bonds. The molecule has 0 radical (unpaired) electrons. The van der Waals surface area contributed by atoms with Gasteiger partial charge >= 0.3 is 0 Å². The van der Waals surface area contributed by atoms with Crippen LogP contribution in [-0.4, -0.2) is 21.7 Å². The standard InChI is InChI=1S/C24H32BrN3O2/c1-4-21(24-10-16-7-17(11-24)9-18(8-16)12-24)26-23(29)20-6-5-19(30-20)13-28-15(3)22(25)14(2)27-28/h5-6,16-18,21H,4,7-13H2,1-3H3,(H,26,29). The molecule has 0 saturated heterocycles. The summed E-state index contributed by atoms with van der Waals surface area (Å²) in [4.78, 5) is 13.1. The van der Waals surface area contributed by atoms with E-state index < -0.39 is 0 Å². The van der Waals surface area contributed by atoms with Gasteiger partial charge in [0, 0.05) is 6.04 Å². The Hall–Kier alpha value is -1.56. The molecule has 2 heterocycles. The Morgan fingerprint density at radius 2 is 1.87 bits per heavy atom. The van der Waals surface area contributed by atoms with Crippen molar-refractivity contribution in [3.8, 4) is 0 Å². The Kier molecular flexibility index (Phi) is 5.11. The number of aromatic nitrogens is 2. The Morgan fingerprint density at radius 3 is 2.40 bits per heavy atom. The first-order chi connectivity index (χ1) is 14.4. The third-order valence-electron chi connectivity index (χ3n) is 8.02. The number of carbonyl (C=O) groups is 1. The van der Waals surface area contributed by atoms with Gasteiger partial charge in [-0.25, -0.2) is 0 Å². The molecule has 162 valence electrons. The highest BCUT2D eigenvalue weighted by Gasteiger charge is 2.54. The third-order valence-corrected chi connectivity index (χ3v) is 9.17. The summed E-state index contributed by atoms with van der Waals surface area (Å²) in [6.07, 6.45) is 9.16. The number of nitrogens with zero attached hydrogens (tertiary/aromatic N) is 2. The molecule has 4 aliphatic carbocycles. The first-order valence-electron chi connectivity index (χ1n) is 11.5. The smallest absolute Gasteiger partial charge is 0.287 e. The summed E-state index contributed by atoms with van der Waals surface area (Å²) in [5.41, 5.74) is 2.33. The van der Waals surface area contributed by atoms with Gasteiger partial charge in [-0.05, 0) is 110 Å². The van der Waals surface area contributed by atoms with Crippen LogP contribution in [-0.2, 0) is 6.54 Å². The van der Waals surface area contributed by atoms with Crippen molar-refractivity contribution < 1.29 is 9.21 Å². The van der Waals surface area contributed by atoms with Crippen molar-refractivity contribution >= 4 is 21.8 Å². The summed E-state index contributed by atoms with van der Waals surface area (Å²) in [6, 6.07) is 3.95. The topological polar surface area (TPSA) is 60.1 Å². The van der Waals surface area contributed by atoms with E-state index in [1.165, 1.54) is 38.5 Å². The maximum absolute atomic E-state index is 13.1. The van der Waals surface area contributed by atoms with Crippen LogP contribution < -0.4 is 5.32 Å². The third kappa shape index (κ3) is 3.45. The molecule has 1 N–H and O–H groups in total. The van der Waals surface area contributed by atoms with E-state index in [1.54, 1.807) is 6.07 Å². The molecule has 2 aromatic rings. The van der Waals surface area contributed by atoms with Crippen LogP contribution >= 0.6 is 15.9 Å². The van der Waals surface area contributed by atoms with E-state index in [2.05, 4.69) is 33.3 Å². The van der Waals surface area contributed by atoms with Crippen LogP contribution in [0.15, 0.2) is 21.0 Å². The van der Waals surface area contributed by atoms with Gasteiger partial charge in [0.15, 0.2) is 5.76 Å². The molecule has 1 atom stereocenters. The Labute approximate surface area is 187 Å². The molecule has 4 bridgehead atoms. The largest absolute Gasteiger partial charge is 0.454 e. The van der Waals surface area contributed by atoms with E-state index in [4.69, 9.17) is 4.42 Å². The molecule has 5 nitrogen and oxygen atoms in total. The first-order valence-corrected chi connectivity index (χ1v) is 12.2. The average molecular weight is 474 g/mol. The number of hydrogen-bond donors (Lipinski definition) is 1. The fourth-order valence-electron chi connectivity index (χ4n) is 7.08. The summed E-state index contributed by atoms with van der Waals surface area (Å²) in [7, 11) is 0. The SMILES string of the molecule is CCC(NC(=O)c1ccc(Cn2nc(C)c(Br)c2C)o1)C12CC3CC(CC(C3)C1)C2. The van der Waals surface area contributed by atoms with Gasteiger partial charge in [-0.3, -0.25) is 9.48 Å². The zero-order chi connectivity index (χ0) is 21.0. The predicted molar refractivity (Wildman–Crippen MR) is 119 cm³/mol. The van der Waals surface area contributed by atoms with Crippen molar-refractivity contribution in [1.82, 2.24) is 15.1 Å². The monoisotopic (exact) mass is 473 g/mol. The quantitative estimate of drug-likeness (QED) is 0.591. The highest BCUT2D eigenvalue weighted by atomic mass is 79.9. The lowest BCUT2D eigenvalue weighted by Crippen LogP contribution is -2.56. The highest BCUT2D eigenvalue weighted by molar-refractivity contribution is 9.10. The predicted octanol–water partition coefficient (Wildman–Crippen LogP) is 5.63. The number of amides is 1. The van der Waals surface area contributed by atoms with Crippen LogP contribution in [0, 0.1) is 37.0 Å². The maximum atomic E-state index is 13.1. The van der Waals surface area contributed by atoms with Gasteiger partial charge < -0.3 is 9.73 Å². The van der Waals surface area contributed by atoms with E-state index in [-0.39, 0.29) is 11.9 Å². The maximum Gasteiger partial charge on any atom is 0.287 e. The summed E-state index contributed by atoms with van der Waals surface area (Å²) in [6.45, 7) is 6.75. The van der Waals surface area contributed by atoms with E-state index in [9.17, 15) is 4.79 Å². The van der Waals surface area contributed by atoms with Gasteiger partial charge in [-0.2, -0.15) is 5.10 Å². The van der Waals surface area contributed by atoms with Crippen molar-refractivity contribution in [1.29, 1.82) is 0 Å². The number of hydrogen-bond acceptors (Lipinski definition) is 3. The van der Waals surface area contributed by atoms with Crippen LogP contribution in [0.4, 0.5) is 0 Å². The van der Waals surface area contributed by atoms with Crippen molar-refractivity contribution in [3.63, 3.8) is 0 Å². The Morgan fingerprint density at radius 1 is 1.23 bits per heavy atom. The second-order valence-electron chi connectivity index (χ2n) is 10.1. The summed E-state index contributed by atoms with van der Waals surface area (Å²) < 4.78 is 8.86. The van der Waals surface area contributed by atoms with Gasteiger partial charge in [0.1, 0.15) is 5.76 Å². The second kappa shape index (κ2) is 7.54. The molecular formula is C24H32BrN3O2. The lowest BCUT2D eigenvalue weighted by Gasteiger charge is -2.59. The number of furan rings is 1. The number of halogens is 1. The molecule has 6 rings (SSSR count). The Bertz CT molecular complexity index is 925. The summed E-state index contributed by atoms with van der Waals surface area (Å²) in [5, 5.41) is 7.92. The van der Waals surface area contributed by atoms with Gasteiger partial charge in [0.25, 0.3) is 5.91 Å². The fourth-order valence-corrected chi connectivity index (χ4v) is 7.37. The minimum absolute atomic E-state index is 0.0709. The molecule has 4 saturated carbocycles. The fraction of sp³-hybridized carbons (Fsp3) is 0.667. The second-order valence-corrected chi connectivity index (χ2v) is 10.9. The van der Waals surface area contributed by atoms with Crippen molar-refractivity contribution in [2.75, 3.05) is 0 Å². The lowest BCUT2D eigenvalue weighted by molar-refractivity contribution is -0.0728. The molecule has 0 aliphatic heterocycles. The van der Waals surface area contributed by atoms with Crippen LogP contribution in [0.3, 0.4) is 0 Å². The molecule has 4 aliphatic rings. The average Bonchev–Trinajstić information content (AvgIpc) is 3.26. The molecule has 2 aromatic heterocycles. The molecule has 1 unspecified atom stereocenters. The van der Waals surface area contributed by atoms with Crippen LogP contribution in [0.5, 0.6) is 0 Å².